The van der Waals surface area contributed by atoms with E-state index in [0.29, 0.717) is 25.5 Å². The van der Waals surface area contributed by atoms with Crippen LogP contribution >= 0.6 is 0 Å². The number of aromatic nitrogens is 2. The van der Waals surface area contributed by atoms with E-state index >= 15 is 0 Å². The second-order valence-corrected chi connectivity index (χ2v) is 3.97. The van der Waals surface area contributed by atoms with Gasteiger partial charge in [0.25, 0.3) is 0 Å². The number of nitrogens with one attached hydrogen (secondary N) is 1. The average molecular weight is 278 g/mol. The molecule has 0 unspecified atom stereocenters. The zero-order chi connectivity index (χ0) is 13.9. The summed E-state index contributed by atoms with van der Waals surface area (Å²) in [4.78, 5) is 8.17. The van der Waals surface area contributed by atoms with Gasteiger partial charge in [0.2, 0.25) is 0 Å². The number of ether oxygens (including phenoxy) is 2. The third-order valence-electron chi connectivity index (χ3n) is 2.50. The van der Waals surface area contributed by atoms with Crippen LogP contribution in [0.3, 0.4) is 0 Å². The van der Waals surface area contributed by atoms with E-state index in [1.54, 1.807) is 0 Å². The molecular formula is C10H13F3N4O2. The normalized spacial score (nSPS) is 15.2. The summed E-state index contributed by atoms with van der Waals surface area (Å²) in [5.74, 6) is 5.85. The Morgan fingerprint density at radius 3 is 2.84 bits per heavy atom. The molecule has 3 N–H and O–H groups in total. The van der Waals surface area contributed by atoms with Crippen LogP contribution in [-0.4, -0.2) is 29.4 Å². The lowest BCUT2D eigenvalue weighted by atomic mass is 10.1. The van der Waals surface area contributed by atoms with Crippen molar-refractivity contribution in [2.24, 2.45) is 5.84 Å². The zero-order valence-electron chi connectivity index (χ0n) is 9.96. The van der Waals surface area contributed by atoms with Crippen molar-refractivity contribution in [1.29, 1.82) is 0 Å². The fourth-order valence-corrected chi connectivity index (χ4v) is 1.72. The highest BCUT2D eigenvalue weighted by Crippen LogP contribution is 2.22. The summed E-state index contributed by atoms with van der Waals surface area (Å²) in [7, 11) is 0. The standard InChI is InChI=1S/C10H13F3N4O2/c11-10(12,13)5-19-4-8-15-7-1-2-18-3-6(7)9(16-8)17-14/h1-5,14H2,(H,15,16,17). The summed E-state index contributed by atoms with van der Waals surface area (Å²) in [5, 5.41) is 0. The largest absolute Gasteiger partial charge is 0.411 e. The summed E-state index contributed by atoms with van der Waals surface area (Å²) < 4.78 is 45.7. The lowest BCUT2D eigenvalue weighted by Crippen LogP contribution is -2.21. The molecule has 1 aromatic rings. The highest BCUT2D eigenvalue weighted by atomic mass is 19.4. The number of alkyl halides is 3. The summed E-state index contributed by atoms with van der Waals surface area (Å²) in [6.07, 6.45) is -3.80. The van der Waals surface area contributed by atoms with Crippen molar-refractivity contribution in [3.8, 4) is 0 Å². The monoisotopic (exact) mass is 278 g/mol. The maximum Gasteiger partial charge on any atom is 0.411 e. The first-order chi connectivity index (χ1) is 8.99. The van der Waals surface area contributed by atoms with Gasteiger partial charge < -0.3 is 14.9 Å². The predicted octanol–water partition coefficient (Wildman–Crippen LogP) is 0.914. The topological polar surface area (TPSA) is 82.3 Å². The second kappa shape index (κ2) is 5.68. The molecule has 0 bridgehead atoms. The molecule has 0 radical (unpaired) electrons. The molecule has 0 amide bonds. The Labute approximate surface area is 107 Å². The van der Waals surface area contributed by atoms with Crippen LogP contribution in [-0.2, 0) is 29.1 Å². The van der Waals surface area contributed by atoms with Gasteiger partial charge in [0.05, 0.1) is 18.9 Å². The van der Waals surface area contributed by atoms with Crippen LogP contribution in [0, 0.1) is 0 Å². The number of anilines is 1. The Kier molecular flexibility index (Phi) is 4.17. The number of hydrazine groups is 1. The number of fused-ring (bicyclic) bond motifs is 1. The maximum absolute atomic E-state index is 12.0. The molecule has 0 fully saturated rings. The molecule has 0 aliphatic carbocycles. The molecule has 0 saturated heterocycles. The van der Waals surface area contributed by atoms with Crippen LogP contribution in [0.25, 0.3) is 0 Å². The van der Waals surface area contributed by atoms with Gasteiger partial charge in [-0.05, 0) is 0 Å². The molecule has 2 heterocycles. The number of rotatable bonds is 4. The van der Waals surface area contributed by atoms with Crippen molar-refractivity contribution in [3.05, 3.63) is 17.1 Å². The summed E-state index contributed by atoms with van der Waals surface area (Å²) in [6.45, 7) is -0.806. The van der Waals surface area contributed by atoms with Crippen LogP contribution < -0.4 is 11.3 Å². The van der Waals surface area contributed by atoms with Gasteiger partial charge in [-0.1, -0.05) is 0 Å². The van der Waals surface area contributed by atoms with Crippen LogP contribution in [0.2, 0.25) is 0 Å². The summed E-state index contributed by atoms with van der Waals surface area (Å²) >= 11 is 0. The SMILES string of the molecule is NNc1nc(COCC(F)(F)F)nc2c1COCC2. The van der Waals surface area contributed by atoms with Crippen molar-refractivity contribution >= 4 is 5.82 Å². The number of halogens is 3. The molecule has 1 aliphatic heterocycles. The van der Waals surface area contributed by atoms with Gasteiger partial charge in [-0.15, -0.1) is 0 Å². The molecule has 0 spiro atoms. The second-order valence-electron chi connectivity index (χ2n) is 3.97. The molecular weight excluding hydrogens is 265 g/mol. The lowest BCUT2D eigenvalue weighted by Gasteiger charge is -2.19. The number of nitrogens with two attached hydrogens (primary N) is 1. The van der Waals surface area contributed by atoms with Crippen LogP contribution in [0.1, 0.15) is 17.1 Å². The minimum atomic E-state index is -4.36. The third kappa shape index (κ3) is 3.75. The summed E-state index contributed by atoms with van der Waals surface area (Å²) in [6, 6.07) is 0. The van der Waals surface area contributed by atoms with Gasteiger partial charge in [-0.25, -0.2) is 15.8 Å². The fourth-order valence-electron chi connectivity index (χ4n) is 1.72. The minimum absolute atomic E-state index is 0.165. The number of nitrogen functional groups attached to an aromatic ring is 1. The van der Waals surface area contributed by atoms with E-state index in [1.807, 2.05) is 0 Å². The van der Waals surface area contributed by atoms with Gasteiger partial charge >= 0.3 is 6.18 Å². The van der Waals surface area contributed by atoms with Crippen LogP contribution in [0.4, 0.5) is 19.0 Å². The minimum Gasteiger partial charge on any atom is -0.376 e. The predicted molar refractivity (Wildman–Crippen MR) is 58.9 cm³/mol. The van der Waals surface area contributed by atoms with E-state index < -0.39 is 12.8 Å². The Balaban J connectivity index is 2.09. The molecule has 0 saturated carbocycles. The van der Waals surface area contributed by atoms with E-state index in [9.17, 15) is 13.2 Å². The highest BCUT2D eigenvalue weighted by molar-refractivity contribution is 5.46. The Bertz CT molecular complexity index is 436. The van der Waals surface area contributed by atoms with E-state index in [2.05, 4.69) is 20.1 Å². The molecule has 9 heteroatoms. The third-order valence-corrected chi connectivity index (χ3v) is 2.50. The van der Waals surface area contributed by atoms with Gasteiger partial charge in [0, 0.05) is 12.0 Å². The Morgan fingerprint density at radius 1 is 1.37 bits per heavy atom. The number of hydrogen-bond acceptors (Lipinski definition) is 6. The van der Waals surface area contributed by atoms with E-state index in [4.69, 9.17) is 10.6 Å². The van der Waals surface area contributed by atoms with Crippen molar-refractivity contribution in [2.75, 3.05) is 18.6 Å². The quantitative estimate of drug-likeness (QED) is 0.629. The summed E-state index contributed by atoms with van der Waals surface area (Å²) in [5.41, 5.74) is 3.85. The van der Waals surface area contributed by atoms with Crippen molar-refractivity contribution < 1.29 is 22.6 Å². The van der Waals surface area contributed by atoms with Crippen LogP contribution in [0.15, 0.2) is 0 Å². The first-order valence-electron chi connectivity index (χ1n) is 5.57. The molecule has 0 aromatic carbocycles. The van der Waals surface area contributed by atoms with Gasteiger partial charge in [0.1, 0.15) is 19.0 Å². The molecule has 19 heavy (non-hydrogen) atoms. The molecule has 2 rings (SSSR count). The highest BCUT2D eigenvalue weighted by Gasteiger charge is 2.27. The molecule has 0 atom stereocenters. The Morgan fingerprint density at radius 2 is 2.16 bits per heavy atom. The maximum atomic E-state index is 12.0. The number of hydrogen-bond donors (Lipinski definition) is 2. The fraction of sp³-hybridized carbons (Fsp3) is 0.600. The van der Waals surface area contributed by atoms with E-state index in [0.717, 1.165) is 11.3 Å². The Hall–Kier alpha value is -1.45. The zero-order valence-corrected chi connectivity index (χ0v) is 9.96. The molecule has 1 aromatic heterocycles. The first kappa shape index (κ1) is 14.0. The van der Waals surface area contributed by atoms with Crippen molar-refractivity contribution in [3.63, 3.8) is 0 Å². The van der Waals surface area contributed by atoms with Gasteiger partial charge in [-0.2, -0.15) is 13.2 Å². The van der Waals surface area contributed by atoms with Crippen molar-refractivity contribution in [1.82, 2.24) is 9.97 Å². The number of nitrogens with zero attached hydrogens (tertiary/aromatic N) is 2. The van der Waals surface area contributed by atoms with E-state index in [-0.39, 0.29) is 12.4 Å². The van der Waals surface area contributed by atoms with Crippen LogP contribution in [0.5, 0.6) is 0 Å². The van der Waals surface area contributed by atoms with Crippen molar-refractivity contribution in [2.45, 2.75) is 25.8 Å². The molecule has 1 aliphatic rings. The lowest BCUT2D eigenvalue weighted by molar-refractivity contribution is -0.177. The van der Waals surface area contributed by atoms with Gasteiger partial charge in [-0.3, -0.25) is 0 Å². The van der Waals surface area contributed by atoms with Gasteiger partial charge in [0.15, 0.2) is 5.82 Å². The first-order valence-corrected chi connectivity index (χ1v) is 5.57. The molecule has 106 valence electrons. The average Bonchev–Trinajstić information content (AvgIpc) is 2.36. The molecule has 6 nitrogen and oxygen atoms in total. The van der Waals surface area contributed by atoms with E-state index in [1.165, 1.54) is 0 Å². The smallest absolute Gasteiger partial charge is 0.376 e.